The first-order valence-corrected chi connectivity index (χ1v) is 8.37. The van der Waals surface area contributed by atoms with Crippen LogP contribution >= 0.6 is 0 Å². The predicted octanol–water partition coefficient (Wildman–Crippen LogP) is 2.72. The van der Waals surface area contributed by atoms with Gasteiger partial charge in [0.2, 0.25) is 5.89 Å². The van der Waals surface area contributed by atoms with E-state index < -0.39 is 0 Å². The van der Waals surface area contributed by atoms with Gasteiger partial charge in [0.25, 0.3) is 0 Å². The second-order valence-corrected chi connectivity index (χ2v) is 6.34. The minimum Gasteiger partial charge on any atom is -0.439 e. The molecule has 0 unspecified atom stereocenters. The van der Waals surface area contributed by atoms with E-state index in [4.69, 9.17) is 4.42 Å². The molecule has 0 amide bonds. The summed E-state index contributed by atoms with van der Waals surface area (Å²) in [7, 11) is 2.11. The molecule has 124 valence electrons. The molecule has 0 spiro atoms. The fourth-order valence-corrected chi connectivity index (χ4v) is 3.42. The number of rotatable bonds is 5. The van der Waals surface area contributed by atoms with Crippen LogP contribution in [0.4, 0.5) is 5.82 Å². The van der Waals surface area contributed by atoms with Crippen LogP contribution in [-0.2, 0) is 6.54 Å². The van der Waals surface area contributed by atoms with Crippen LogP contribution in [0.1, 0.15) is 18.7 Å². The van der Waals surface area contributed by atoms with Crippen molar-refractivity contribution >= 4 is 16.9 Å². The number of oxazole rings is 1. The zero-order valence-electron chi connectivity index (χ0n) is 13.8. The van der Waals surface area contributed by atoms with E-state index in [0.29, 0.717) is 12.6 Å². The summed E-state index contributed by atoms with van der Waals surface area (Å²) < 4.78 is 5.83. The highest BCUT2D eigenvalue weighted by Crippen LogP contribution is 2.24. The lowest BCUT2D eigenvalue weighted by atomic mass is 10.2. The van der Waals surface area contributed by atoms with Crippen molar-refractivity contribution < 1.29 is 4.42 Å². The van der Waals surface area contributed by atoms with E-state index in [2.05, 4.69) is 32.0 Å². The van der Waals surface area contributed by atoms with Crippen molar-refractivity contribution in [1.29, 1.82) is 0 Å². The maximum Gasteiger partial charge on any atom is 0.209 e. The summed E-state index contributed by atoms with van der Waals surface area (Å²) in [5.41, 5.74) is 1.77. The molecule has 0 radical (unpaired) electrons. The molecule has 6 heteroatoms. The Balaban J connectivity index is 1.42. The Labute approximate surface area is 141 Å². The first kappa shape index (κ1) is 15.1. The van der Waals surface area contributed by atoms with E-state index in [-0.39, 0.29) is 0 Å². The molecule has 1 saturated heterocycles. The van der Waals surface area contributed by atoms with Crippen LogP contribution in [0, 0.1) is 0 Å². The molecule has 1 atom stereocenters. The third kappa shape index (κ3) is 3.10. The molecule has 1 aliphatic rings. The van der Waals surface area contributed by atoms with Gasteiger partial charge in [0.05, 0.1) is 6.54 Å². The number of aromatic nitrogens is 3. The van der Waals surface area contributed by atoms with Crippen molar-refractivity contribution in [1.82, 2.24) is 20.1 Å². The van der Waals surface area contributed by atoms with Crippen molar-refractivity contribution in [3.63, 3.8) is 0 Å². The molecular formula is C18H21N5O. The fourth-order valence-electron chi connectivity index (χ4n) is 3.42. The zero-order chi connectivity index (χ0) is 16.4. The Morgan fingerprint density at radius 1 is 1.25 bits per heavy atom. The van der Waals surface area contributed by atoms with Crippen molar-refractivity contribution in [2.24, 2.45) is 0 Å². The third-order valence-corrected chi connectivity index (χ3v) is 4.50. The smallest absolute Gasteiger partial charge is 0.209 e. The number of benzene rings is 1. The van der Waals surface area contributed by atoms with Crippen molar-refractivity contribution in [3.05, 3.63) is 48.5 Å². The lowest BCUT2D eigenvalue weighted by Crippen LogP contribution is -2.39. The van der Waals surface area contributed by atoms with Gasteiger partial charge in [-0.3, -0.25) is 4.90 Å². The number of hydrogen-bond acceptors (Lipinski definition) is 6. The maximum atomic E-state index is 5.83. The summed E-state index contributed by atoms with van der Waals surface area (Å²) in [5, 5.41) is 8.26. The van der Waals surface area contributed by atoms with Crippen LogP contribution in [0.2, 0.25) is 0 Å². The van der Waals surface area contributed by atoms with Gasteiger partial charge in [0, 0.05) is 25.3 Å². The van der Waals surface area contributed by atoms with E-state index in [1.807, 2.05) is 36.4 Å². The van der Waals surface area contributed by atoms with Crippen LogP contribution in [-0.4, -0.2) is 46.3 Å². The standard InChI is InChI=1S/C18H21N5O/c1-22(13-18-20-15-7-2-3-8-16(15)24-18)12-14-6-5-11-23(14)17-9-4-10-19-21-17/h2-4,7-10,14H,5-6,11-13H2,1H3/t14-/m1/s1. The molecule has 0 saturated carbocycles. The molecule has 24 heavy (non-hydrogen) atoms. The Morgan fingerprint density at radius 3 is 3.00 bits per heavy atom. The van der Waals surface area contributed by atoms with Crippen LogP contribution in [0.25, 0.3) is 11.1 Å². The Bertz CT molecular complexity index is 770. The number of fused-ring (bicyclic) bond motifs is 1. The third-order valence-electron chi connectivity index (χ3n) is 4.50. The van der Waals surface area contributed by atoms with Crippen molar-refractivity contribution in [2.45, 2.75) is 25.4 Å². The normalized spacial score (nSPS) is 17.9. The lowest BCUT2D eigenvalue weighted by molar-refractivity contribution is 0.274. The molecule has 2 aromatic heterocycles. The van der Waals surface area contributed by atoms with Gasteiger partial charge < -0.3 is 9.32 Å². The van der Waals surface area contributed by atoms with Gasteiger partial charge in [0.15, 0.2) is 11.4 Å². The molecule has 1 aromatic carbocycles. The number of likely N-dealkylation sites (N-methyl/N-ethyl adjacent to an activating group) is 1. The Morgan fingerprint density at radius 2 is 2.17 bits per heavy atom. The summed E-state index contributed by atoms with van der Waals surface area (Å²) in [5.74, 6) is 1.73. The molecular weight excluding hydrogens is 302 g/mol. The summed E-state index contributed by atoms with van der Waals surface area (Å²) in [4.78, 5) is 9.18. The molecule has 3 aromatic rings. The van der Waals surface area contributed by atoms with Gasteiger partial charge in [-0.25, -0.2) is 4.98 Å². The first-order chi connectivity index (χ1) is 11.8. The van der Waals surface area contributed by atoms with E-state index in [9.17, 15) is 0 Å². The van der Waals surface area contributed by atoms with E-state index >= 15 is 0 Å². The fraction of sp³-hybridized carbons (Fsp3) is 0.389. The second kappa shape index (κ2) is 6.57. The summed E-state index contributed by atoms with van der Waals surface area (Å²) >= 11 is 0. The highest BCUT2D eigenvalue weighted by Gasteiger charge is 2.27. The molecule has 1 aliphatic heterocycles. The predicted molar refractivity (Wildman–Crippen MR) is 92.7 cm³/mol. The van der Waals surface area contributed by atoms with E-state index in [1.54, 1.807) is 6.20 Å². The first-order valence-electron chi connectivity index (χ1n) is 8.37. The van der Waals surface area contributed by atoms with Crippen LogP contribution in [0.5, 0.6) is 0 Å². The van der Waals surface area contributed by atoms with Gasteiger partial charge in [-0.15, -0.1) is 5.10 Å². The van der Waals surface area contributed by atoms with Crippen LogP contribution < -0.4 is 4.90 Å². The SMILES string of the molecule is CN(Cc1nc2ccccc2o1)C[C@H]1CCCN1c1cccnn1. The molecule has 4 rings (SSSR count). The summed E-state index contributed by atoms with van der Waals surface area (Å²) in [6.07, 6.45) is 4.08. The number of anilines is 1. The van der Waals surface area contributed by atoms with E-state index in [1.165, 1.54) is 12.8 Å². The second-order valence-electron chi connectivity index (χ2n) is 6.34. The summed E-state index contributed by atoms with van der Waals surface area (Å²) in [6.45, 7) is 2.70. The molecule has 3 heterocycles. The molecule has 6 nitrogen and oxygen atoms in total. The minimum absolute atomic E-state index is 0.455. The van der Waals surface area contributed by atoms with Crippen LogP contribution in [0.3, 0.4) is 0 Å². The monoisotopic (exact) mass is 323 g/mol. The van der Waals surface area contributed by atoms with Gasteiger partial charge in [-0.05, 0) is 44.2 Å². The topological polar surface area (TPSA) is 58.3 Å². The number of nitrogens with zero attached hydrogens (tertiary/aromatic N) is 5. The molecule has 0 N–H and O–H groups in total. The largest absolute Gasteiger partial charge is 0.439 e. The maximum absolute atomic E-state index is 5.83. The average molecular weight is 323 g/mol. The Hall–Kier alpha value is -2.47. The minimum atomic E-state index is 0.455. The number of para-hydroxylation sites is 2. The van der Waals surface area contributed by atoms with Gasteiger partial charge in [-0.2, -0.15) is 5.10 Å². The van der Waals surface area contributed by atoms with Gasteiger partial charge in [0.1, 0.15) is 5.52 Å². The zero-order valence-corrected chi connectivity index (χ0v) is 13.8. The average Bonchev–Trinajstić information content (AvgIpc) is 3.21. The van der Waals surface area contributed by atoms with E-state index in [0.717, 1.165) is 35.9 Å². The highest BCUT2D eigenvalue weighted by molar-refractivity contribution is 5.72. The molecule has 0 bridgehead atoms. The number of hydrogen-bond donors (Lipinski definition) is 0. The van der Waals surface area contributed by atoms with Crippen molar-refractivity contribution in [3.8, 4) is 0 Å². The van der Waals surface area contributed by atoms with Crippen LogP contribution in [0.15, 0.2) is 47.0 Å². The summed E-state index contributed by atoms with van der Waals surface area (Å²) in [6, 6.07) is 12.3. The lowest BCUT2D eigenvalue weighted by Gasteiger charge is -2.28. The van der Waals surface area contributed by atoms with Gasteiger partial charge >= 0.3 is 0 Å². The highest BCUT2D eigenvalue weighted by atomic mass is 16.3. The Kier molecular flexibility index (Phi) is 4.13. The molecule has 1 fully saturated rings. The quantitative estimate of drug-likeness (QED) is 0.719. The molecule has 0 aliphatic carbocycles. The van der Waals surface area contributed by atoms with Crippen molar-refractivity contribution in [2.75, 3.05) is 25.0 Å². The van der Waals surface area contributed by atoms with Gasteiger partial charge in [-0.1, -0.05) is 12.1 Å².